The third-order valence-electron chi connectivity index (χ3n) is 12.1. The van der Waals surface area contributed by atoms with Crippen LogP contribution in [0.1, 0.15) is 99.3 Å². The van der Waals surface area contributed by atoms with Gasteiger partial charge in [0.2, 0.25) is 0 Å². The second-order valence-corrected chi connectivity index (χ2v) is 14.1. The molecule has 0 bridgehead atoms. The van der Waals surface area contributed by atoms with Crippen LogP contribution in [0.2, 0.25) is 0 Å². The second-order valence-electron chi connectivity index (χ2n) is 14.1. The summed E-state index contributed by atoms with van der Waals surface area (Å²) in [5.41, 5.74) is 2.43. The first-order valence-corrected chi connectivity index (χ1v) is 14.2. The summed E-state index contributed by atoms with van der Waals surface area (Å²) >= 11 is 0. The van der Waals surface area contributed by atoms with Gasteiger partial charge >= 0.3 is 0 Å². The highest BCUT2D eigenvalue weighted by atomic mass is 16.3. The summed E-state index contributed by atoms with van der Waals surface area (Å²) in [6.45, 7) is 18.9. The Bertz CT molecular complexity index is 733. The molecule has 2 nitrogen and oxygen atoms in total. The molecule has 2 heteroatoms. The smallest absolute Gasteiger partial charge is 0.0628 e. The van der Waals surface area contributed by atoms with E-state index in [4.69, 9.17) is 0 Å². The normalized spacial score (nSPS) is 47.8. The van der Waals surface area contributed by atoms with E-state index in [1.54, 1.807) is 5.57 Å². The lowest BCUT2D eigenvalue weighted by Gasteiger charge is -2.61. The number of nitrogens with zero attached hydrogens (tertiary/aromatic N) is 1. The summed E-state index contributed by atoms with van der Waals surface area (Å²) in [6, 6.07) is 0. The van der Waals surface area contributed by atoms with Crippen molar-refractivity contribution in [1.82, 2.24) is 4.90 Å². The lowest BCUT2D eigenvalue weighted by molar-refractivity contribution is -0.0791. The summed E-state index contributed by atoms with van der Waals surface area (Å²) in [4.78, 5) is 2.79. The standard InChI is InChI=1S/C30H51NO/c1-20-13-17-31(18-14-20)19-21(2)23-8-9-24-22-7-10-26-28(3,4)27(32)12-16-30(26,6)25(22)11-15-29(23,24)5/h10,20-25,27,32H,7-9,11-19H2,1-6H3/t21-,22?,23-,24?,25?,27+,29-,30-/m1/s1. The zero-order valence-corrected chi connectivity index (χ0v) is 22.0. The minimum absolute atomic E-state index is 0.0443. The molecule has 4 aliphatic carbocycles. The maximum atomic E-state index is 10.8. The van der Waals surface area contributed by atoms with Crippen molar-refractivity contribution in [3.63, 3.8) is 0 Å². The van der Waals surface area contributed by atoms with Gasteiger partial charge in [0.25, 0.3) is 0 Å². The molecular weight excluding hydrogens is 390 g/mol. The monoisotopic (exact) mass is 441 g/mol. The molecule has 8 atom stereocenters. The highest BCUT2D eigenvalue weighted by Gasteiger charge is 2.61. The van der Waals surface area contributed by atoms with E-state index in [9.17, 15) is 5.11 Å². The zero-order valence-electron chi connectivity index (χ0n) is 22.0. The number of aliphatic hydroxyl groups is 1. The van der Waals surface area contributed by atoms with Crippen LogP contribution in [-0.4, -0.2) is 35.7 Å². The van der Waals surface area contributed by atoms with Gasteiger partial charge in [-0.15, -0.1) is 0 Å². The maximum absolute atomic E-state index is 10.8. The van der Waals surface area contributed by atoms with Gasteiger partial charge in [-0.25, -0.2) is 0 Å². The number of hydrogen-bond acceptors (Lipinski definition) is 2. The third-order valence-corrected chi connectivity index (χ3v) is 12.1. The summed E-state index contributed by atoms with van der Waals surface area (Å²) in [6.07, 6.45) is 14.5. The van der Waals surface area contributed by atoms with Crippen molar-refractivity contribution in [2.75, 3.05) is 19.6 Å². The maximum Gasteiger partial charge on any atom is 0.0628 e. The molecule has 0 aromatic rings. The molecule has 0 spiro atoms. The van der Waals surface area contributed by atoms with Gasteiger partial charge in [-0.2, -0.15) is 0 Å². The van der Waals surface area contributed by atoms with Crippen molar-refractivity contribution in [1.29, 1.82) is 0 Å². The second kappa shape index (κ2) is 8.11. The van der Waals surface area contributed by atoms with Crippen molar-refractivity contribution in [2.45, 2.75) is 105 Å². The van der Waals surface area contributed by atoms with Crippen LogP contribution < -0.4 is 0 Å². The Kier molecular flexibility index (Phi) is 5.93. The highest BCUT2D eigenvalue weighted by Crippen LogP contribution is 2.68. The fourth-order valence-corrected chi connectivity index (χ4v) is 10.1. The minimum atomic E-state index is -0.165. The Balaban J connectivity index is 1.34. The summed E-state index contributed by atoms with van der Waals surface area (Å²) < 4.78 is 0. The molecule has 1 heterocycles. The average molecular weight is 442 g/mol. The minimum Gasteiger partial charge on any atom is -0.392 e. The molecule has 0 aromatic heterocycles. The van der Waals surface area contributed by atoms with E-state index in [2.05, 4.69) is 52.5 Å². The number of allylic oxidation sites excluding steroid dienone is 1. The predicted molar refractivity (Wildman–Crippen MR) is 134 cm³/mol. The van der Waals surface area contributed by atoms with Crippen LogP contribution in [0.15, 0.2) is 11.6 Å². The molecule has 1 aliphatic heterocycles. The van der Waals surface area contributed by atoms with Crippen molar-refractivity contribution in [3.05, 3.63) is 11.6 Å². The molecule has 0 aromatic carbocycles. The molecule has 5 aliphatic rings. The highest BCUT2D eigenvalue weighted by molar-refractivity contribution is 5.31. The van der Waals surface area contributed by atoms with Gasteiger partial charge in [-0.3, -0.25) is 0 Å². The number of rotatable bonds is 3. The zero-order chi connectivity index (χ0) is 22.9. The molecule has 32 heavy (non-hydrogen) atoms. The van der Waals surface area contributed by atoms with E-state index in [-0.39, 0.29) is 11.5 Å². The van der Waals surface area contributed by atoms with Crippen molar-refractivity contribution in [2.24, 2.45) is 51.8 Å². The Labute approximate surface area is 198 Å². The fourth-order valence-electron chi connectivity index (χ4n) is 10.1. The van der Waals surface area contributed by atoms with Crippen LogP contribution >= 0.6 is 0 Å². The molecule has 3 unspecified atom stereocenters. The molecule has 3 saturated carbocycles. The van der Waals surface area contributed by atoms with Crippen molar-refractivity contribution < 1.29 is 5.11 Å². The van der Waals surface area contributed by atoms with E-state index in [0.29, 0.717) is 10.8 Å². The van der Waals surface area contributed by atoms with Crippen LogP contribution in [0.4, 0.5) is 0 Å². The quantitative estimate of drug-likeness (QED) is 0.480. The van der Waals surface area contributed by atoms with Gasteiger partial charge in [0, 0.05) is 12.0 Å². The molecule has 1 N–H and O–H groups in total. The SMILES string of the molecule is CC1CCN(C[C@@H](C)[C@H]2CCC3C4CC=C5C(C)(C)[C@@H](O)CC[C@]5(C)C4CC[C@@]32C)CC1. The third kappa shape index (κ3) is 3.48. The van der Waals surface area contributed by atoms with E-state index in [1.807, 2.05) is 0 Å². The first-order chi connectivity index (χ1) is 15.1. The van der Waals surface area contributed by atoms with Crippen LogP contribution in [0.25, 0.3) is 0 Å². The van der Waals surface area contributed by atoms with E-state index in [1.165, 1.54) is 71.0 Å². The Morgan fingerprint density at radius 2 is 1.69 bits per heavy atom. The molecule has 0 radical (unpaired) electrons. The molecule has 4 fully saturated rings. The number of piperidine rings is 1. The predicted octanol–water partition coefficient (Wildman–Crippen LogP) is 6.93. The first kappa shape index (κ1) is 23.4. The average Bonchev–Trinajstić information content (AvgIpc) is 3.10. The van der Waals surface area contributed by atoms with Crippen molar-refractivity contribution in [3.8, 4) is 0 Å². The van der Waals surface area contributed by atoms with Crippen molar-refractivity contribution >= 4 is 0 Å². The molecule has 1 saturated heterocycles. The lowest BCUT2D eigenvalue weighted by atomic mass is 9.44. The van der Waals surface area contributed by atoms with Crippen LogP contribution in [-0.2, 0) is 0 Å². The molecule has 0 amide bonds. The molecule has 5 rings (SSSR count). The summed E-state index contributed by atoms with van der Waals surface area (Å²) in [7, 11) is 0. The molecular formula is C30H51NO. The topological polar surface area (TPSA) is 23.5 Å². The van der Waals surface area contributed by atoms with Gasteiger partial charge in [0.05, 0.1) is 6.10 Å². The Morgan fingerprint density at radius 1 is 0.969 bits per heavy atom. The number of likely N-dealkylation sites (tertiary alicyclic amines) is 1. The van der Waals surface area contributed by atoms with Gasteiger partial charge in [-0.1, -0.05) is 53.2 Å². The lowest BCUT2D eigenvalue weighted by Crippen LogP contribution is -2.54. The Morgan fingerprint density at radius 3 is 2.41 bits per heavy atom. The largest absolute Gasteiger partial charge is 0.392 e. The summed E-state index contributed by atoms with van der Waals surface area (Å²) in [5, 5.41) is 10.8. The fraction of sp³-hybridized carbons (Fsp3) is 0.933. The number of fused-ring (bicyclic) bond motifs is 5. The molecule has 182 valence electrons. The van der Waals surface area contributed by atoms with Gasteiger partial charge in [-0.05, 0) is 117 Å². The Hall–Kier alpha value is -0.340. The summed E-state index contributed by atoms with van der Waals surface area (Å²) in [5.74, 6) is 5.31. The first-order valence-electron chi connectivity index (χ1n) is 14.2. The van der Waals surface area contributed by atoms with Gasteiger partial charge in [0.1, 0.15) is 0 Å². The van der Waals surface area contributed by atoms with Crippen LogP contribution in [0.3, 0.4) is 0 Å². The van der Waals surface area contributed by atoms with Gasteiger partial charge in [0.15, 0.2) is 0 Å². The van der Waals surface area contributed by atoms with E-state index in [0.717, 1.165) is 41.9 Å². The number of aliphatic hydroxyl groups excluding tert-OH is 1. The van der Waals surface area contributed by atoms with Gasteiger partial charge < -0.3 is 10.0 Å². The van der Waals surface area contributed by atoms with E-state index >= 15 is 0 Å². The number of hydrogen-bond donors (Lipinski definition) is 1. The van der Waals surface area contributed by atoms with Crippen LogP contribution in [0.5, 0.6) is 0 Å². The van der Waals surface area contributed by atoms with Crippen LogP contribution in [0, 0.1) is 51.8 Å². The van der Waals surface area contributed by atoms with E-state index < -0.39 is 0 Å².